The summed E-state index contributed by atoms with van der Waals surface area (Å²) in [5.74, 6) is -0.931. The molecule has 0 aliphatic heterocycles. The van der Waals surface area contributed by atoms with Crippen molar-refractivity contribution in [1.29, 1.82) is 0 Å². The number of ketones is 1. The molecule has 0 aliphatic carbocycles. The van der Waals surface area contributed by atoms with E-state index < -0.39 is 12.4 Å². The Hall–Kier alpha value is -2.01. The van der Waals surface area contributed by atoms with Crippen LogP contribution in [0.1, 0.15) is 15.9 Å². The van der Waals surface area contributed by atoms with Gasteiger partial charge < -0.3 is 4.74 Å². The summed E-state index contributed by atoms with van der Waals surface area (Å²) in [5, 5.41) is -0.0940. The Labute approximate surface area is 124 Å². The minimum Gasteiger partial charge on any atom is -0.435 e. The predicted octanol–water partition coefficient (Wildman–Crippen LogP) is 4.51. The van der Waals surface area contributed by atoms with E-state index in [1.54, 1.807) is 6.07 Å². The number of carbonyl (C=O) groups is 1. The van der Waals surface area contributed by atoms with Crippen molar-refractivity contribution in [2.24, 2.45) is 0 Å². The SMILES string of the molecule is O=C(Cc1cccc(F)c1Cl)c1ccc(OC(F)F)cc1. The van der Waals surface area contributed by atoms with Gasteiger partial charge in [-0.3, -0.25) is 4.79 Å². The topological polar surface area (TPSA) is 26.3 Å². The van der Waals surface area contributed by atoms with E-state index in [9.17, 15) is 18.0 Å². The van der Waals surface area contributed by atoms with Crippen molar-refractivity contribution >= 4 is 17.4 Å². The molecule has 110 valence electrons. The summed E-state index contributed by atoms with van der Waals surface area (Å²) < 4.78 is 41.5. The van der Waals surface area contributed by atoms with E-state index in [2.05, 4.69) is 4.74 Å². The second-order valence-electron chi connectivity index (χ2n) is 4.22. The number of benzene rings is 2. The monoisotopic (exact) mass is 314 g/mol. The molecule has 0 saturated carbocycles. The van der Waals surface area contributed by atoms with Crippen LogP contribution in [-0.2, 0) is 6.42 Å². The molecule has 2 aromatic rings. The summed E-state index contributed by atoms with van der Waals surface area (Å²) in [6.07, 6.45) is -0.0777. The molecular weight excluding hydrogens is 305 g/mol. The van der Waals surface area contributed by atoms with Crippen LogP contribution < -0.4 is 4.74 Å². The first kappa shape index (κ1) is 15.4. The summed E-state index contributed by atoms with van der Waals surface area (Å²) >= 11 is 5.78. The second-order valence-corrected chi connectivity index (χ2v) is 4.59. The largest absolute Gasteiger partial charge is 0.435 e. The van der Waals surface area contributed by atoms with Crippen molar-refractivity contribution in [3.05, 3.63) is 64.4 Å². The number of Topliss-reactive ketones (excluding diaryl/α,β-unsaturated/α-hetero) is 1. The highest BCUT2D eigenvalue weighted by molar-refractivity contribution is 6.31. The summed E-state index contributed by atoms with van der Waals surface area (Å²) in [7, 11) is 0. The zero-order valence-corrected chi connectivity index (χ0v) is 11.4. The minimum absolute atomic E-state index is 0.0367. The van der Waals surface area contributed by atoms with Crippen molar-refractivity contribution < 1.29 is 22.7 Å². The molecule has 0 saturated heterocycles. The predicted molar refractivity (Wildman–Crippen MR) is 72.5 cm³/mol. The highest BCUT2D eigenvalue weighted by Crippen LogP contribution is 2.22. The van der Waals surface area contributed by atoms with E-state index in [0.29, 0.717) is 11.1 Å². The van der Waals surface area contributed by atoms with Crippen LogP contribution in [0.25, 0.3) is 0 Å². The van der Waals surface area contributed by atoms with Gasteiger partial charge in [0.2, 0.25) is 0 Å². The normalized spacial score (nSPS) is 10.7. The number of hydrogen-bond donors (Lipinski definition) is 0. The van der Waals surface area contributed by atoms with Crippen LogP contribution >= 0.6 is 11.6 Å². The van der Waals surface area contributed by atoms with Gasteiger partial charge in [0.1, 0.15) is 11.6 Å². The van der Waals surface area contributed by atoms with Crippen molar-refractivity contribution in [1.82, 2.24) is 0 Å². The molecule has 0 amide bonds. The van der Waals surface area contributed by atoms with E-state index in [-0.39, 0.29) is 23.0 Å². The molecule has 2 rings (SSSR count). The molecule has 0 N–H and O–H groups in total. The average molecular weight is 315 g/mol. The Kier molecular flexibility index (Phi) is 4.85. The van der Waals surface area contributed by atoms with Crippen LogP contribution in [-0.4, -0.2) is 12.4 Å². The van der Waals surface area contributed by atoms with E-state index in [1.807, 2.05) is 0 Å². The maximum atomic E-state index is 13.3. The Bertz CT molecular complexity index is 642. The Balaban J connectivity index is 2.11. The van der Waals surface area contributed by atoms with Gasteiger partial charge in [-0.15, -0.1) is 0 Å². The van der Waals surface area contributed by atoms with Crippen LogP contribution in [0.15, 0.2) is 42.5 Å². The van der Waals surface area contributed by atoms with Crippen LogP contribution in [0.3, 0.4) is 0 Å². The Morgan fingerprint density at radius 3 is 2.43 bits per heavy atom. The lowest BCUT2D eigenvalue weighted by Gasteiger charge is -2.07. The molecule has 0 bridgehead atoms. The smallest absolute Gasteiger partial charge is 0.387 e. The van der Waals surface area contributed by atoms with Crippen molar-refractivity contribution in [2.75, 3.05) is 0 Å². The molecule has 0 atom stereocenters. The molecule has 2 aromatic carbocycles. The zero-order chi connectivity index (χ0) is 15.4. The lowest BCUT2D eigenvalue weighted by atomic mass is 10.0. The molecule has 0 aromatic heterocycles. The summed E-state index contributed by atoms with van der Waals surface area (Å²) in [6.45, 7) is -2.92. The number of hydrogen-bond acceptors (Lipinski definition) is 2. The summed E-state index contributed by atoms with van der Waals surface area (Å²) in [4.78, 5) is 12.0. The van der Waals surface area contributed by atoms with Crippen LogP contribution in [0.2, 0.25) is 5.02 Å². The zero-order valence-electron chi connectivity index (χ0n) is 10.7. The van der Waals surface area contributed by atoms with Gasteiger partial charge in [0.05, 0.1) is 5.02 Å². The number of halogens is 4. The molecule has 21 heavy (non-hydrogen) atoms. The molecule has 6 heteroatoms. The van der Waals surface area contributed by atoms with E-state index in [0.717, 1.165) is 0 Å². The molecular formula is C15H10ClF3O2. The lowest BCUT2D eigenvalue weighted by molar-refractivity contribution is -0.0498. The molecule has 0 unspecified atom stereocenters. The fourth-order valence-corrected chi connectivity index (χ4v) is 1.98. The molecule has 0 radical (unpaired) electrons. The van der Waals surface area contributed by atoms with E-state index in [1.165, 1.54) is 36.4 Å². The first-order valence-corrected chi connectivity index (χ1v) is 6.36. The number of rotatable bonds is 5. The third kappa shape index (κ3) is 3.98. The lowest BCUT2D eigenvalue weighted by Crippen LogP contribution is -2.05. The maximum Gasteiger partial charge on any atom is 0.387 e. The fourth-order valence-electron chi connectivity index (χ4n) is 1.78. The number of alkyl halides is 2. The highest BCUT2D eigenvalue weighted by atomic mass is 35.5. The van der Waals surface area contributed by atoms with E-state index in [4.69, 9.17) is 11.6 Å². The quantitative estimate of drug-likeness (QED) is 0.759. The number of carbonyl (C=O) groups excluding carboxylic acids is 1. The highest BCUT2D eigenvalue weighted by Gasteiger charge is 2.12. The first-order valence-electron chi connectivity index (χ1n) is 5.98. The van der Waals surface area contributed by atoms with Gasteiger partial charge in [0, 0.05) is 12.0 Å². The van der Waals surface area contributed by atoms with Gasteiger partial charge in [-0.1, -0.05) is 23.7 Å². The molecule has 0 aliphatic rings. The van der Waals surface area contributed by atoms with Crippen molar-refractivity contribution in [3.63, 3.8) is 0 Å². The summed E-state index contributed by atoms with van der Waals surface area (Å²) in [5.41, 5.74) is 0.673. The van der Waals surface area contributed by atoms with Gasteiger partial charge in [0.15, 0.2) is 5.78 Å². The Morgan fingerprint density at radius 2 is 1.81 bits per heavy atom. The molecule has 2 nitrogen and oxygen atoms in total. The molecule has 0 heterocycles. The average Bonchev–Trinajstić information content (AvgIpc) is 2.44. The third-order valence-electron chi connectivity index (χ3n) is 2.78. The van der Waals surface area contributed by atoms with Gasteiger partial charge in [-0.05, 0) is 35.9 Å². The molecule has 0 spiro atoms. The number of ether oxygens (including phenoxy) is 1. The Morgan fingerprint density at radius 1 is 1.14 bits per heavy atom. The van der Waals surface area contributed by atoms with Gasteiger partial charge in [0.25, 0.3) is 0 Å². The first-order chi connectivity index (χ1) is 9.97. The van der Waals surface area contributed by atoms with Gasteiger partial charge >= 0.3 is 6.61 Å². The van der Waals surface area contributed by atoms with Crippen molar-refractivity contribution in [2.45, 2.75) is 13.0 Å². The van der Waals surface area contributed by atoms with Crippen LogP contribution in [0, 0.1) is 5.82 Å². The molecule has 0 fully saturated rings. The van der Waals surface area contributed by atoms with Crippen LogP contribution in [0.4, 0.5) is 13.2 Å². The van der Waals surface area contributed by atoms with Crippen LogP contribution in [0.5, 0.6) is 5.75 Å². The van der Waals surface area contributed by atoms with E-state index >= 15 is 0 Å². The minimum atomic E-state index is -2.92. The summed E-state index contributed by atoms with van der Waals surface area (Å²) in [6, 6.07) is 9.49. The second kappa shape index (κ2) is 6.63. The standard InChI is InChI=1S/C15H10ClF3O2/c16-14-10(2-1-3-12(14)17)8-13(20)9-4-6-11(7-5-9)21-15(18)19/h1-7,15H,8H2. The fraction of sp³-hybridized carbons (Fsp3) is 0.133. The third-order valence-corrected chi connectivity index (χ3v) is 3.21. The van der Waals surface area contributed by atoms with Gasteiger partial charge in [-0.2, -0.15) is 8.78 Å². The van der Waals surface area contributed by atoms with Gasteiger partial charge in [-0.25, -0.2) is 4.39 Å². The van der Waals surface area contributed by atoms with Crippen molar-refractivity contribution in [3.8, 4) is 5.75 Å². The maximum absolute atomic E-state index is 13.3.